The van der Waals surface area contributed by atoms with Gasteiger partial charge < -0.3 is 19.6 Å². The second kappa shape index (κ2) is 13.1. The van der Waals surface area contributed by atoms with E-state index in [1.165, 1.54) is 25.7 Å². The maximum atomic E-state index is 4.85. The van der Waals surface area contributed by atoms with E-state index in [2.05, 4.69) is 117 Å². The van der Waals surface area contributed by atoms with Crippen LogP contribution >= 0.6 is 9.53 Å². The Morgan fingerprint density at radius 3 is 1.64 bits per heavy atom. The fraction of sp³-hybridized carbons (Fsp3) is 0.476. The van der Waals surface area contributed by atoms with Gasteiger partial charge in [-0.1, -0.05) is 32.8 Å². The van der Waals surface area contributed by atoms with E-state index < -0.39 is 0 Å². The molecule has 28 heavy (non-hydrogen) atoms. The summed E-state index contributed by atoms with van der Waals surface area (Å²) in [5.74, 6) is 0. The van der Waals surface area contributed by atoms with E-state index in [1.807, 2.05) is 0 Å². The molecule has 0 saturated heterocycles. The molecule has 0 aliphatic carbocycles. The molecule has 2 aliphatic heterocycles. The normalized spacial score (nSPS) is 15.5. The SMILES string of the molecule is CCCCN1C=CN(Cc2cccc(CN3C=CN(CCCC)[CH-]3)n2)[CH-]1.[Cl][Pd+]. The number of halogens is 1. The molecule has 7 heteroatoms. The van der Waals surface area contributed by atoms with Crippen molar-refractivity contribution in [2.45, 2.75) is 52.6 Å². The third kappa shape index (κ3) is 7.66. The molecule has 0 radical (unpaired) electrons. The van der Waals surface area contributed by atoms with Crippen LogP contribution in [0.4, 0.5) is 0 Å². The summed E-state index contributed by atoms with van der Waals surface area (Å²) in [6, 6.07) is 6.33. The molecular formula is C21H31ClN5Pd-. The standard InChI is InChI=1S/C21H31N5.ClH.Pd/c1-3-5-10-23-12-14-25(18-23)16-20-8-7-9-21(22-20)17-26-15-13-24(19-26)11-6-4-2;;/h7-9,12-15,18-19H,3-6,10-11,16-17H2,1-2H3;1H;/q-2;;+2/p-1. The van der Waals surface area contributed by atoms with Crippen LogP contribution in [0.2, 0.25) is 0 Å². The van der Waals surface area contributed by atoms with Gasteiger partial charge in [-0.15, -0.1) is 0 Å². The van der Waals surface area contributed by atoms with E-state index in [0.29, 0.717) is 0 Å². The summed E-state index contributed by atoms with van der Waals surface area (Å²) in [6.07, 6.45) is 13.4. The predicted molar refractivity (Wildman–Crippen MR) is 111 cm³/mol. The molecule has 0 amide bonds. The molecule has 0 atom stereocenters. The van der Waals surface area contributed by atoms with Gasteiger partial charge in [-0.2, -0.15) is 13.3 Å². The fourth-order valence-electron chi connectivity index (χ4n) is 3.09. The first-order chi connectivity index (χ1) is 13.8. The summed E-state index contributed by atoms with van der Waals surface area (Å²) in [4.78, 5) is 13.8. The van der Waals surface area contributed by atoms with Crippen molar-refractivity contribution in [1.29, 1.82) is 0 Å². The van der Waals surface area contributed by atoms with Crippen LogP contribution < -0.4 is 0 Å². The van der Waals surface area contributed by atoms with E-state index in [9.17, 15) is 0 Å². The van der Waals surface area contributed by atoms with E-state index >= 15 is 0 Å². The van der Waals surface area contributed by atoms with Gasteiger partial charge in [0.05, 0.1) is 11.4 Å². The van der Waals surface area contributed by atoms with Crippen LogP contribution in [0, 0.1) is 13.3 Å². The average Bonchev–Trinajstić information content (AvgIpc) is 3.36. The van der Waals surface area contributed by atoms with Gasteiger partial charge in [0.25, 0.3) is 0 Å². The molecule has 1 aromatic rings. The molecule has 0 saturated carbocycles. The molecule has 0 fully saturated rings. The summed E-state index contributed by atoms with van der Waals surface area (Å²) in [7, 11) is 4.49. The first-order valence-corrected chi connectivity index (χ1v) is 11.9. The van der Waals surface area contributed by atoms with Crippen LogP contribution in [0.3, 0.4) is 0 Å². The zero-order chi connectivity index (χ0) is 20.2. The molecule has 2 aliphatic rings. The van der Waals surface area contributed by atoms with Crippen molar-refractivity contribution in [1.82, 2.24) is 24.6 Å². The Morgan fingerprint density at radius 1 is 0.786 bits per heavy atom. The van der Waals surface area contributed by atoms with Gasteiger partial charge in [-0.25, -0.2) is 0 Å². The zero-order valence-electron chi connectivity index (χ0n) is 16.8. The summed E-state index contributed by atoms with van der Waals surface area (Å²) < 4.78 is 0. The van der Waals surface area contributed by atoms with Gasteiger partial charge in [-0.05, 0) is 62.9 Å². The molecule has 0 bridgehead atoms. The van der Waals surface area contributed by atoms with E-state index in [4.69, 9.17) is 4.98 Å². The van der Waals surface area contributed by atoms with Crippen LogP contribution in [0.5, 0.6) is 0 Å². The number of hydrogen-bond donors (Lipinski definition) is 0. The van der Waals surface area contributed by atoms with Gasteiger partial charge in [0.1, 0.15) is 0 Å². The summed E-state index contributed by atoms with van der Waals surface area (Å²) >= 11 is 2.22. The van der Waals surface area contributed by atoms with Crippen molar-refractivity contribution in [3.05, 3.63) is 67.7 Å². The topological polar surface area (TPSA) is 25.9 Å². The van der Waals surface area contributed by atoms with Gasteiger partial charge >= 0.3 is 27.7 Å². The number of rotatable bonds is 10. The van der Waals surface area contributed by atoms with E-state index in [0.717, 1.165) is 37.6 Å². The summed E-state index contributed by atoms with van der Waals surface area (Å²) in [6.45, 7) is 12.6. The first-order valence-electron chi connectivity index (χ1n) is 9.93. The van der Waals surface area contributed by atoms with Crippen LogP contribution in [0.1, 0.15) is 50.9 Å². The van der Waals surface area contributed by atoms with Crippen LogP contribution in [0.15, 0.2) is 43.0 Å². The minimum atomic E-state index is 0.815. The van der Waals surface area contributed by atoms with E-state index in [-0.39, 0.29) is 0 Å². The Hall–Kier alpha value is -1.22. The van der Waals surface area contributed by atoms with Gasteiger partial charge in [-0.3, -0.25) is 4.98 Å². The maximum absolute atomic E-state index is 4.85. The Labute approximate surface area is 185 Å². The molecule has 0 N–H and O–H groups in total. The summed E-state index contributed by atoms with van der Waals surface area (Å²) in [5.41, 5.74) is 2.21. The Morgan fingerprint density at radius 2 is 1.21 bits per heavy atom. The molecule has 0 unspecified atom stereocenters. The van der Waals surface area contributed by atoms with Gasteiger partial charge in [0, 0.05) is 13.1 Å². The Bertz CT molecular complexity index is 575. The number of unbranched alkanes of at least 4 members (excludes halogenated alkanes) is 2. The van der Waals surface area contributed by atoms with Gasteiger partial charge in [0.2, 0.25) is 0 Å². The van der Waals surface area contributed by atoms with Crippen molar-refractivity contribution < 1.29 is 18.2 Å². The van der Waals surface area contributed by atoms with Crippen molar-refractivity contribution in [2.75, 3.05) is 13.1 Å². The molecule has 1 aromatic heterocycles. The molecular weight excluding hydrogens is 464 g/mol. The number of hydrogen-bond acceptors (Lipinski definition) is 5. The average molecular weight is 495 g/mol. The minimum absolute atomic E-state index is 0.815. The number of nitrogens with zero attached hydrogens (tertiary/aromatic N) is 5. The predicted octanol–water partition coefficient (Wildman–Crippen LogP) is 4.78. The van der Waals surface area contributed by atoms with Crippen molar-refractivity contribution in [3.8, 4) is 0 Å². The first kappa shape index (κ1) is 23.1. The zero-order valence-corrected chi connectivity index (χ0v) is 19.1. The second-order valence-corrected chi connectivity index (χ2v) is 6.97. The molecule has 0 spiro atoms. The van der Waals surface area contributed by atoms with Crippen molar-refractivity contribution in [2.24, 2.45) is 0 Å². The second-order valence-electron chi connectivity index (χ2n) is 6.97. The number of pyridine rings is 1. The molecule has 3 heterocycles. The third-order valence-corrected chi connectivity index (χ3v) is 4.59. The quantitative estimate of drug-likeness (QED) is 0.344. The van der Waals surface area contributed by atoms with E-state index in [1.54, 1.807) is 0 Å². The van der Waals surface area contributed by atoms with Gasteiger partial charge in [0.15, 0.2) is 0 Å². The van der Waals surface area contributed by atoms with Crippen LogP contribution in [-0.4, -0.2) is 37.7 Å². The number of aromatic nitrogens is 1. The third-order valence-electron chi connectivity index (χ3n) is 4.59. The van der Waals surface area contributed by atoms with Crippen molar-refractivity contribution >= 4 is 9.53 Å². The van der Waals surface area contributed by atoms with Crippen LogP contribution in [-0.2, 0) is 31.3 Å². The Balaban J connectivity index is 0.00000136. The van der Waals surface area contributed by atoms with Crippen LogP contribution in [0.25, 0.3) is 0 Å². The monoisotopic (exact) mass is 494 g/mol. The molecule has 5 nitrogen and oxygen atoms in total. The van der Waals surface area contributed by atoms with Crippen molar-refractivity contribution in [3.63, 3.8) is 0 Å². The fourth-order valence-corrected chi connectivity index (χ4v) is 3.09. The molecule has 158 valence electrons. The Kier molecular flexibility index (Phi) is 10.8. The summed E-state index contributed by atoms with van der Waals surface area (Å²) in [5, 5.41) is 0. The molecule has 0 aromatic carbocycles. The molecule has 3 rings (SSSR count).